The first-order chi connectivity index (χ1) is 8.51. The largest absolute Gasteiger partial charge is 0.504 e. The van der Waals surface area contributed by atoms with Gasteiger partial charge in [0.05, 0.1) is 0 Å². The van der Waals surface area contributed by atoms with Gasteiger partial charge < -0.3 is 20.1 Å². The van der Waals surface area contributed by atoms with E-state index >= 15 is 0 Å². The van der Waals surface area contributed by atoms with Gasteiger partial charge in [0, 0.05) is 13.0 Å². The first kappa shape index (κ1) is 18.8. The summed E-state index contributed by atoms with van der Waals surface area (Å²) in [7, 11) is 0. The molecular weight excluding hydrogens is 232 g/mol. The predicted molar refractivity (Wildman–Crippen MR) is 72.9 cm³/mol. The zero-order valence-electron chi connectivity index (χ0n) is 11.6. The number of carbonyl (C=O) groups is 1. The lowest BCUT2D eigenvalue weighted by Crippen LogP contribution is -1.93. The summed E-state index contributed by atoms with van der Waals surface area (Å²) in [6.45, 7) is 7.46. The van der Waals surface area contributed by atoms with Crippen LogP contribution in [0.3, 0.4) is 0 Å². The lowest BCUT2D eigenvalue weighted by molar-refractivity contribution is -0.116. The van der Waals surface area contributed by atoms with Gasteiger partial charge in [-0.05, 0) is 38.0 Å². The highest BCUT2D eigenvalue weighted by Gasteiger charge is 2.01. The third-order valence-electron chi connectivity index (χ3n) is 1.81. The van der Waals surface area contributed by atoms with Crippen LogP contribution in [0.4, 0.5) is 0 Å². The van der Waals surface area contributed by atoms with E-state index in [0.29, 0.717) is 12.8 Å². The standard InChI is InChI=1S/C10H12O3.C2H6O.C2H6/c1-7(11)2-3-8-4-5-9(12)10(13)6-8;1-2-3;1-2/h4-6,12-13H,2-3H2,1H3;3H,2H2,1H3;1-2H3. The molecule has 0 atom stereocenters. The van der Waals surface area contributed by atoms with Crippen molar-refractivity contribution in [2.24, 2.45) is 0 Å². The van der Waals surface area contributed by atoms with Gasteiger partial charge in [-0.2, -0.15) is 0 Å². The molecule has 0 unspecified atom stereocenters. The fourth-order valence-electron chi connectivity index (χ4n) is 1.04. The van der Waals surface area contributed by atoms with Crippen molar-refractivity contribution >= 4 is 5.78 Å². The SMILES string of the molecule is CC.CC(=O)CCc1ccc(O)c(O)c1.CCO. The third-order valence-corrected chi connectivity index (χ3v) is 1.81. The first-order valence-corrected chi connectivity index (χ1v) is 6.12. The van der Waals surface area contributed by atoms with E-state index in [2.05, 4.69) is 0 Å². The number of phenols is 2. The van der Waals surface area contributed by atoms with Gasteiger partial charge in [-0.3, -0.25) is 0 Å². The summed E-state index contributed by atoms with van der Waals surface area (Å²) in [5, 5.41) is 25.7. The minimum atomic E-state index is -0.138. The van der Waals surface area contributed by atoms with Gasteiger partial charge >= 0.3 is 0 Å². The molecule has 3 N–H and O–H groups in total. The molecule has 0 saturated heterocycles. The second kappa shape index (κ2) is 11.9. The highest BCUT2D eigenvalue weighted by atomic mass is 16.3. The molecule has 0 aromatic heterocycles. The number of aliphatic hydroxyl groups excluding tert-OH is 1. The van der Waals surface area contributed by atoms with E-state index < -0.39 is 0 Å². The number of rotatable bonds is 3. The van der Waals surface area contributed by atoms with Crippen molar-refractivity contribution in [2.75, 3.05) is 6.61 Å². The van der Waals surface area contributed by atoms with Gasteiger partial charge in [0.1, 0.15) is 5.78 Å². The summed E-state index contributed by atoms with van der Waals surface area (Å²) in [5.74, 6) is -0.153. The summed E-state index contributed by atoms with van der Waals surface area (Å²) >= 11 is 0. The van der Waals surface area contributed by atoms with E-state index in [4.69, 9.17) is 15.3 Å². The molecule has 0 heterocycles. The van der Waals surface area contributed by atoms with Crippen LogP contribution in [-0.4, -0.2) is 27.7 Å². The molecule has 4 nitrogen and oxygen atoms in total. The average Bonchev–Trinajstić information content (AvgIpc) is 2.34. The number of aryl methyl sites for hydroxylation is 1. The molecule has 0 aliphatic rings. The molecule has 4 heteroatoms. The first-order valence-electron chi connectivity index (χ1n) is 6.12. The predicted octanol–water partition coefficient (Wildman–Crippen LogP) is 2.64. The lowest BCUT2D eigenvalue weighted by atomic mass is 10.1. The second-order valence-corrected chi connectivity index (χ2v) is 3.34. The average molecular weight is 256 g/mol. The number of aromatic hydroxyl groups is 2. The number of hydrogen-bond acceptors (Lipinski definition) is 4. The van der Waals surface area contributed by atoms with E-state index in [1.165, 1.54) is 19.1 Å². The van der Waals surface area contributed by atoms with Gasteiger partial charge in [-0.25, -0.2) is 0 Å². The molecular formula is C14H24O4. The zero-order valence-corrected chi connectivity index (χ0v) is 11.6. The van der Waals surface area contributed by atoms with Gasteiger partial charge in [0.2, 0.25) is 0 Å². The molecule has 0 radical (unpaired) electrons. The van der Waals surface area contributed by atoms with E-state index in [0.717, 1.165) is 5.56 Å². The van der Waals surface area contributed by atoms with Crippen LogP contribution in [-0.2, 0) is 11.2 Å². The maximum absolute atomic E-state index is 10.7. The van der Waals surface area contributed by atoms with Gasteiger partial charge in [0.25, 0.3) is 0 Å². The highest BCUT2D eigenvalue weighted by molar-refractivity contribution is 5.75. The molecule has 0 amide bonds. The normalized spacial score (nSPS) is 8.50. The Morgan fingerprint density at radius 1 is 1.17 bits per heavy atom. The van der Waals surface area contributed by atoms with Crippen LogP contribution in [0.15, 0.2) is 18.2 Å². The molecule has 104 valence electrons. The topological polar surface area (TPSA) is 77.8 Å². The molecule has 0 aliphatic heterocycles. The smallest absolute Gasteiger partial charge is 0.157 e. The number of Topliss-reactive ketones (excluding diaryl/α,β-unsaturated/α-hetero) is 1. The summed E-state index contributed by atoms with van der Waals surface area (Å²) in [6, 6.07) is 4.58. The number of ketones is 1. The van der Waals surface area contributed by atoms with E-state index in [9.17, 15) is 4.79 Å². The molecule has 1 aromatic carbocycles. The summed E-state index contributed by atoms with van der Waals surface area (Å²) < 4.78 is 0. The van der Waals surface area contributed by atoms with Crippen molar-refractivity contribution < 1.29 is 20.1 Å². The molecule has 1 rings (SSSR count). The lowest BCUT2D eigenvalue weighted by Gasteiger charge is -2.01. The number of phenolic OH excluding ortho intramolecular Hbond substituents is 2. The van der Waals surface area contributed by atoms with Crippen LogP contribution in [0, 0.1) is 0 Å². The maximum Gasteiger partial charge on any atom is 0.157 e. The number of benzene rings is 1. The second-order valence-electron chi connectivity index (χ2n) is 3.34. The van der Waals surface area contributed by atoms with E-state index in [1.807, 2.05) is 13.8 Å². The van der Waals surface area contributed by atoms with Gasteiger partial charge in [-0.1, -0.05) is 19.9 Å². The van der Waals surface area contributed by atoms with Crippen molar-refractivity contribution in [3.05, 3.63) is 23.8 Å². The van der Waals surface area contributed by atoms with Crippen molar-refractivity contribution in [3.8, 4) is 11.5 Å². The van der Waals surface area contributed by atoms with Crippen LogP contribution >= 0.6 is 0 Å². The van der Waals surface area contributed by atoms with Gasteiger partial charge in [-0.15, -0.1) is 0 Å². The Hall–Kier alpha value is -1.55. The molecule has 1 aromatic rings. The molecule has 18 heavy (non-hydrogen) atoms. The van der Waals surface area contributed by atoms with Crippen molar-refractivity contribution in [2.45, 2.75) is 40.5 Å². The molecule has 0 aliphatic carbocycles. The molecule has 0 bridgehead atoms. The van der Waals surface area contributed by atoms with Crippen LogP contribution < -0.4 is 0 Å². The van der Waals surface area contributed by atoms with Crippen molar-refractivity contribution in [3.63, 3.8) is 0 Å². The fraction of sp³-hybridized carbons (Fsp3) is 0.500. The van der Waals surface area contributed by atoms with Crippen LogP contribution in [0.25, 0.3) is 0 Å². The Morgan fingerprint density at radius 3 is 2.06 bits per heavy atom. The quantitative estimate of drug-likeness (QED) is 0.726. The zero-order chi connectivity index (χ0) is 14.6. The summed E-state index contributed by atoms with van der Waals surface area (Å²) in [5.41, 5.74) is 0.852. The Balaban J connectivity index is 0. The minimum absolute atomic E-state index is 0.118. The molecule has 0 saturated carbocycles. The molecule has 0 spiro atoms. The maximum atomic E-state index is 10.7. The van der Waals surface area contributed by atoms with Crippen LogP contribution in [0.2, 0.25) is 0 Å². The van der Waals surface area contributed by atoms with Gasteiger partial charge in [0.15, 0.2) is 11.5 Å². The third kappa shape index (κ3) is 9.66. The van der Waals surface area contributed by atoms with Crippen LogP contribution in [0.5, 0.6) is 11.5 Å². The Labute approximate surface area is 109 Å². The van der Waals surface area contributed by atoms with E-state index in [1.54, 1.807) is 13.0 Å². The Kier molecular flexibility index (Phi) is 12.5. The molecule has 0 fully saturated rings. The number of aliphatic hydroxyl groups is 1. The fourth-order valence-corrected chi connectivity index (χ4v) is 1.04. The Bertz CT molecular complexity index is 335. The highest BCUT2D eigenvalue weighted by Crippen LogP contribution is 2.25. The summed E-state index contributed by atoms with van der Waals surface area (Å²) in [4.78, 5) is 10.7. The van der Waals surface area contributed by atoms with Crippen molar-refractivity contribution in [1.82, 2.24) is 0 Å². The minimum Gasteiger partial charge on any atom is -0.504 e. The number of carbonyl (C=O) groups excluding carboxylic acids is 1. The van der Waals surface area contributed by atoms with Crippen LogP contribution in [0.1, 0.15) is 39.7 Å². The Morgan fingerprint density at radius 2 is 1.67 bits per heavy atom. The van der Waals surface area contributed by atoms with Crippen molar-refractivity contribution in [1.29, 1.82) is 0 Å². The number of hydrogen-bond donors (Lipinski definition) is 3. The monoisotopic (exact) mass is 256 g/mol. The summed E-state index contributed by atoms with van der Waals surface area (Å²) in [6.07, 6.45) is 1.06. The van der Waals surface area contributed by atoms with E-state index in [-0.39, 0.29) is 23.9 Å².